The van der Waals surface area contributed by atoms with Crippen molar-refractivity contribution < 1.29 is 29.1 Å². The standard InChI is InChI=1S/C42H59N5O6/c1-45-34(25-29-14-7-3-8-15-29)40(52)46-35(26-30-19-21-32(49)22-20-30)41(53)47-23-11-18-36(47)38(50)37(31-16-9-4-10-17-31)42(44,27-48)39(51)33(43)24-28-12-5-2-6-13-28/h3,7-8,14-15,19-22,27-28,31,33-37,45,49H,2,4-6,9-13,16-18,23-26,43-44H2,1H3,(H,46,52)/t33-,34+,35+,36+,37?,42-/m1/s1. The summed E-state index contributed by atoms with van der Waals surface area (Å²) in [4.78, 5) is 72.1. The topological polar surface area (TPSA) is 185 Å². The van der Waals surface area contributed by atoms with E-state index in [9.17, 15) is 29.1 Å². The van der Waals surface area contributed by atoms with Gasteiger partial charge in [-0.1, -0.05) is 93.8 Å². The lowest BCUT2D eigenvalue weighted by Gasteiger charge is -2.41. The van der Waals surface area contributed by atoms with Gasteiger partial charge in [-0.05, 0) is 80.7 Å². The molecule has 53 heavy (non-hydrogen) atoms. The molecule has 0 spiro atoms. The van der Waals surface area contributed by atoms with Gasteiger partial charge in [-0.3, -0.25) is 19.2 Å². The molecule has 5 rings (SSSR count). The van der Waals surface area contributed by atoms with Crippen LogP contribution in [0.4, 0.5) is 0 Å². The van der Waals surface area contributed by atoms with E-state index >= 15 is 0 Å². The van der Waals surface area contributed by atoms with Crippen LogP contribution < -0.4 is 22.1 Å². The average Bonchev–Trinajstić information content (AvgIpc) is 3.68. The summed E-state index contributed by atoms with van der Waals surface area (Å²) in [6, 6.07) is 12.5. The van der Waals surface area contributed by atoms with Gasteiger partial charge in [0.1, 0.15) is 23.6 Å². The lowest BCUT2D eigenvalue weighted by atomic mass is 9.65. The molecule has 6 atom stereocenters. The Hall–Kier alpha value is -3.93. The van der Waals surface area contributed by atoms with Crippen molar-refractivity contribution in [2.75, 3.05) is 13.6 Å². The van der Waals surface area contributed by atoms with Gasteiger partial charge in [0.2, 0.25) is 11.8 Å². The van der Waals surface area contributed by atoms with Crippen molar-refractivity contribution >= 4 is 29.7 Å². The van der Waals surface area contributed by atoms with Gasteiger partial charge in [-0.2, -0.15) is 0 Å². The molecule has 2 aliphatic carbocycles. The third-order valence-corrected chi connectivity index (χ3v) is 12.0. The number of likely N-dealkylation sites (N-methyl/N-ethyl adjacent to an activating group) is 1. The first kappa shape index (κ1) is 40.3. The highest BCUT2D eigenvalue weighted by molar-refractivity contribution is 6.11. The molecule has 11 heteroatoms. The van der Waals surface area contributed by atoms with Crippen molar-refractivity contribution in [3.63, 3.8) is 0 Å². The van der Waals surface area contributed by atoms with Gasteiger partial charge in [0.25, 0.3) is 0 Å². The van der Waals surface area contributed by atoms with Crippen LogP contribution in [0.5, 0.6) is 5.75 Å². The van der Waals surface area contributed by atoms with E-state index in [0.29, 0.717) is 50.4 Å². The smallest absolute Gasteiger partial charge is 0.246 e. The Labute approximate surface area is 314 Å². The van der Waals surface area contributed by atoms with Crippen LogP contribution in [-0.2, 0) is 36.8 Å². The second-order valence-corrected chi connectivity index (χ2v) is 15.7. The summed E-state index contributed by atoms with van der Waals surface area (Å²) in [6.07, 6.45) is 11.6. The van der Waals surface area contributed by atoms with E-state index in [1.54, 1.807) is 19.2 Å². The first-order chi connectivity index (χ1) is 25.5. The van der Waals surface area contributed by atoms with Gasteiger partial charge in [-0.25, -0.2) is 0 Å². The maximum atomic E-state index is 14.9. The van der Waals surface area contributed by atoms with E-state index in [-0.39, 0.29) is 42.2 Å². The number of phenolic OH excluding ortho intramolecular Hbond substituents is 1. The largest absolute Gasteiger partial charge is 0.508 e. The monoisotopic (exact) mass is 729 g/mol. The summed E-state index contributed by atoms with van der Waals surface area (Å²) in [5.41, 5.74) is 13.0. The highest BCUT2D eigenvalue weighted by atomic mass is 16.3. The highest BCUT2D eigenvalue weighted by Crippen LogP contribution is 2.39. The lowest BCUT2D eigenvalue weighted by molar-refractivity contribution is -0.147. The molecule has 288 valence electrons. The van der Waals surface area contributed by atoms with Crippen molar-refractivity contribution in [3.05, 3.63) is 65.7 Å². The van der Waals surface area contributed by atoms with Gasteiger partial charge in [0, 0.05) is 13.0 Å². The normalized spacial score (nSPS) is 21.9. The van der Waals surface area contributed by atoms with Crippen molar-refractivity contribution in [3.8, 4) is 5.75 Å². The molecular weight excluding hydrogens is 670 g/mol. The molecule has 2 saturated carbocycles. The number of aromatic hydroxyl groups is 1. The van der Waals surface area contributed by atoms with Crippen molar-refractivity contribution in [1.82, 2.24) is 15.5 Å². The zero-order valence-electron chi connectivity index (χ0n) is 31.2. The van der Waals surface area contributed by atoms with E-state index in [0.717, 1.165) is 56.9 Å². The minimum absolute atomic E-state index is 0.0752. The molecule has 7 N–H and O–H groups in total. The second kappa shape index (κ2) is 18.9. The number of carbonyl (C=O) groups excluding carboxylic acids is 5. The molecule has 0 radical (unpaired) electrons. The lowest BCUT2D eigenvalue weighted by Crippen LogP contribution is -2.66. The number of benzene rings is 2. The number of Topliss-reactive ketones (excluding diaryl/α,β-unsaturated/α-hetero) is 2. The first-order valence-electron chi connectivity index (χ1n) is 19.7. The molecule has 3 fully saturated rings. The fourth-order valence-electron chi connectivity index (χ4n) is 9.07. The number of ketones is 2. The molecule has 1 aliphatic heterocycles. The number of amides is 2. The van der Waals surface area contributed by atoms with Gasteiger partial charge in [-0.15, -0.1) is 0 Å². The van der Waals surface area contributed by atoms with Crippen LogP contribution >= 0.6 is 0 Å². The molecular formula is C42H59N5O6. The summed E-state index contributed by atoms with van der Waals surface area (Å²) in [6.45, 7) is 0.280. The number of hydrogen-bond acceptors (Lipinski definition) is 9. The Morgan fingerprint density at radius 2 is 1.45 bits per heavy atom. The fourth-order valence-corrected chi connectivity index (χ4v) is 9.07. The number of likely N-dealkylation sites (tertiary alicyclic amines) is 1. The Balaban J connectivity index is 1.41. The van der Waals surface area contributed by atoms with Gasteiger partial charge < -0.3 is 36.9 Å². The molecule has 1 heterocycles. The van der Waals surface area contributed by atoms with E-state index < -0.39 is 47.3 Å². The average molecular weight is 730 g/mol. The number of hydrogen-bond donors (Lipinski definition) is 5. The Morgan fingerprint density at radius 3 is 2.08 bits per heavy atom. The quantitative estimate of drug-likeness (QED) is 0.119. The minimum atomic E-state index is -2.11. The molecule has 2 aromatic rings. The molecule has 1 unspecified atom stereocenters. The zero-order valence-corrected chi connectivity index (χ0v) is 31.2. The number of aldehydes is 1. The third kappa shape index (κ3) is 9.99. The summed E-state index contributed by atoms with van der Waals surface area (Å²) in [7, 11) is 1.69. The molecule has 2 amide bonds. The maximum Gasteiger partial charge on any atom is 0.246 e. The van der Waals surface area contributed by atoms with E-state index in [2.05, 4.69) is 10.6 Å². The van der Waals surface area contributed by atoms with E-state index in [4.69, 9.17) is 11.5 Å². The third-order valence-electron chi connectivity index (χ3n) is 12.0. The predicted molar refractivity (Wildman–Crippen MR) is 204 cm³/mol. The highest BCUT2D eigenvalue weighted by Gasteiger charge is 2.54. The van der Waals surface area contributed by atoms with Gasteiger partial charge in [0.05, 0.1) is 24.0 Å². The summed E-state index contributed by atoms with van der Waals surface area (Å²) in [5.74, 6) is -2.81. The molecule has 1 saturated heterocycles. The van der Waals surface area contributed by atoms with Gasteiger partial charge >= 0.3 is 0 Å². The molecule has 0 bridgehead atoms. The number of rotatable bonds is 17. The minimum Gasteiger partial charge on any atom is -0.508 e. The van der Waals surface area contributed by atoms with Crippen molar-refractivity contribution in [1.29, 1.82) is 0 Å². The van der Waals surface area contributed by atoms with E-state index in [1.807, 2.05) is 30.3 Å². The first-order valence-corrected chi connectivity index (χ1v) is 19.7. The Kier molecular flexibility index (Phi) is 14.4. The van der Waals surface area contributed by atoms with Crippen LogP contribution in [0.2, 0.25) is 0 Å². The summed E-state index contributed by atoms with van der Waals surface area (Å²) in [5, 5.41) is 15.9. The molecule has 0 aromatic heterocycles. The molecule has 3 aliphatic rings. The van der Waals surface area contributed by atoms with Crippen LogP contribution in [-0.4, -0.2) is 83.0 Å². The van der Waals surface area contributed by atoms with Crippen LogP contribution in [0.1, 0.15) is 94.6 Å². The number of nitrogens with two attached hydrogens (primary N) is 2. The summed E-state index contributed by atoms with van der Waals surface area (Å²) >= 11 is 0. The molecule has 2 aromatic carbocycles. The predicted octanol–water partition coefficient (Wildman–Crippen LogP) is 3.77. The number of carbonyl (C=O) groups is 5. The van der Waals surface area contributed by atoms with E-state index in [1.165, 1.54) is 17.0 Å². The number of phenols is 1. The fraction of sp³-hybridized carbons (Fsp3) is 0.595. The van der Waals surface area contributed by atoms with Crippen molar-refractivity contribution in [2.45, 2.75) is 126 Å². The molecule has 11 nitrogen and oxygen atoms in total. The van der Waals surface area contributed by atoms with Crippen LogP contribution in [0.25, 0.3) is 0 Å². The van der Waals surface area contributed by atoms with Crippen LogP contribution in [0.15, 0.2) is 54.6 Å². The van der Waals surface area contributed by atoms with Crippen molar-refractivity contribution in [2.24, 2.45) is 29.2 Å². The SMILES string of the molecule is CN[C@@H](Cc1ccccc1)C(=O)N[C@@H](Cc1ccc(O)cc1)C(=O)N1CCC[C@H]1C(=O)C(C1CCCCC1)[C@](N)(C=O)C(=O)[C@H](N)CC1CCCCC1. The van der Waals surface area contributed by atoms with Crippen LogP contribution in [0.3, 0.4) is 0 Å². The summed E-state index contributed by atoms with van der Waals surface area (Å²) < 4.78 is 0. The van der Waals surface area contributed by atoms with Gasteiger partial charge in [0.15, 0.2) is 11.6 Å². The zero-order chi connectivity index (χ0) is 38.0. The second-order valence-electron chi connectivity index (χ2n) is 15.7. The van der Waals surface area contributed by atoms with Crippen LogP contribution in [0, 0.1) is 17.8 Å². The Morgan fingerprint density at radius 1 is 0.849 bits per heavy atom. The number of nitrogens with zero attached hydrogens (tertiary/aromatic N) is 1. The Bertz CT molecular complexity index is 1540. The number of nitrogens with one attached hydrogen (secondary N) is 2. The maximum absolute atomic E-state index is 14.9.